The lowest BCUT2D eigenvalue weighted by molar-refractivity contribution is 0.199. The zero-order chi connectivity index (χ0) is 11.2. The number of rotatable bonds is 6. The summed E-state index contributed by atoms with van der Waals surface area (Å²) in [6.07, 6.45) is 3.36. The Kier molecular flexibility index (Phi) is 4.10. The summed E-state index contributed by atoms with van der Waals surface area (Å²) in [5.41, 5.74) is 2.00. The summed E-state index contributed by atoms with van der Waals surface area (Å²) in [6, 6.07) is 1.91. The summed E-state index contributed by atoms with van der Waals surface area (Å²) in [7, 11) is 1.70. The smallest absolute Gasteiger partial charge is 0.107 e. The van der Waals surface area contributed by atoms with Crippen molar-refractivity contribution in [3.8, 4) is 11.3 Å². The van der Waals surface area contributed by atoms with Gasteiger partial charge in [-0.3, -0.25) is 0 Å². The van der Waals surface area contributed by atoms with Crippen molar-refractivity contribution in [3.05, 3.63) is 29.0 Å². The minimum atomic E-state index is 0.722. The highest BCUT2D eigenvalue weighted by molar-refractivity contribution is 7.09. The maximum absolute atomic E-state index is 5.02. The van der Waals surface area contributed by atoms with Crippen LogP contribution < -0.4 is 5.32 Å². The van der Waals surface area contributed by atoms with Crippen LogP contribution in [0.3, 0.4) is 0 Å². The average Bonchev–Trinajstić information content (AvgIpc) is 2.94. The topological polar surface area (TPSA) is 47.3 Å². The van der Waals surface area contributed by atoms with Gasteiger partial charge in [-0.15, -0.1) is 11.3 Å². The van der Waals surface area contributed by atoms with Gasteiger partial charge in [0.1, 0.15) is 5.01 Å². The van der Waals surface area contributed by atoms with E-state index < -0.39 is 0 Å². The van der Waals surface area contributed by atoms with E-state index in [9.17, 15) is 0 Å². The summed E-state index contributed by atoms with van der Waals surface area (Å²) >= 11 is 1.65. The molecule has 0 unspecified atom stereocenters. The standard InChI is InChI=1S/C11H14N2O2S/c1-14-5-3-12-6-11-13-10(8-16-11)9-2-4-15-7-9/h2,4,7-8,12H,3,5-6H2,1H3. The lowest BCUT2D eigenvalue weighted by Crippen LogP contribution is -2.18. The van der Waals surface area contributed by atoms with Gasteiger partial charge < -0.3 is 14.5 Å². The zero-order valence-electron chi connectivity index (χ0n) is 9.10. The summed E-state index contributed by atoms with van der Waals surface area (Å²) in [5, 5.41) is 6.38. The quantitative estimate of drug-likeness (QED) is 0.783. The molecule has 5 heteroatoms. The first-order valence-corrected chi connectivity index (χ1v) is 5.95. The average molecular weight is 238 g/mol. The van der Waals surface area contributed by atoms with Crippen molar-refractivity contribution in [1.82, 2.24) is 10.3 Å². The number of nitrogens with one attached hydrogen (secondary N) is 1. The third-order valence-corrected chi connectivity index (χ3v) is 2.98. The van der Waals surface area contributed by atoms with Crippen LogP contribution in [0.5, 0.6) is 0 Å². The number of methoxy groups -OCH3 is 1. The summed E-state index contributed by atoms with van der Waals surface area (Å²) in [6.45, 7) is 2.35. The Morgan fingerprint density at radius 3 is 3.25 bits per heavy atom. The van der Waals surface area contributed by atoms with Crippen LogP contribution >= 0.6 is 11.3 Å². The largest absolute Gasteiger partial charge is 0.472 e. The molecule has 2 aromatic rings. The molecule has 1 N–H and O–H groups in total. The van der Waals surface area contributed by atoms with Gasteiger partial charge in [0.25, 0.3) is 0 Å². The molecule has 0 aliphatic rings. The second-order valence-corrected chi connectivity index (χ2v) is 4.25. The van der Waals surface area contributed by atoms with E-state index in [-0.39, 0.29) is 0 Å². The fraction of sp³-hybridized carbons (Fsp3) is 0.364. The van der Waals surface area contributed by atoms with Gasteiger partial charge in [0.2, 0.25) is 0 Å². The molecule has 0 aliphatic carbocycles. The van der Waals surface area contributed by atoms with E-state index in [0.717, 1.165) is 36.0 Å². The van der Waals surface area contributed by atoms with Crippen LogP contribution in [0.2, 0.25) is 0 Å². The molecule has 0 saturated carbocycles. The van der Waals surface area contributed by atoms with Crippen molar-refractivity contribution < 1.29 is 9.15 Å². The molecule has 0 spiro atoms. The first-order chi connectivity index (χ1) is 7.90. The van der Waals surface area contributed by atoms with E-state index in [0.29, 0.717) is 0 Å². The Hall–Kier alpha value is -1.17. The Labute approximate surface area is 98.3 Å². The number of nitrogens with zero attached hydrogens (tertiary/aromatic N) is 1. The van der Waals surface area contributed by atoms with Crippen molar-refractivity contribution in [3.63, 3.8) is 0 Å². The molecule has 0 saturated heterocycles. The molecule has 0 aromatic carbocycles. The minimum absolute atomic E-state index is 0.722. The van der Waals surface area contributed by atoms with Crippen LogP contribution in [0.1, 0.15) is 5.01 Å². The van der Waals surface area contributed by atoms with E-state index in [1.165, 1.54) is 0 Å². The predicted octanol–water partition coefficient (Wildman–Crippen LogP) is 2.14. The van der Waals surface area contributed by atoms with Crippen LogP contribution in [-0.2, 0) is 11.3 Å². The van der Waals surface area contributed by atoms with Gasteiger partial charge in [0, 0.05) is 31.1 Å². The van der Waals surface area contributed by atoms with Gasteiger partial charge in [0.05, 0.1) is 24.8 Å². The van der Waals surface area contributed by atoms with Crippen LogP contribution in [0.15, 0.2) is 28.4 Å². The van der Waals surface area contributed by atoms with Crippen LogP contribution in [0, 0.1) is 0 Å². The lowest BCUT2D eigenvalue weighted by Gasteiger charge is -1.99. The van der Waals surface area contributed by atoms with E-state index in [1.54, 1.807) is 31.0 Å². The SMILES string of the molecule is COCCNCc1nc(-c2ccoc2)cs1. The number of thiazole rings is 1. The van der Waals surface area contributed by atoms with Crippen LogP contribution in [0.4, 0.5) is 0 Å². The number of hydrogen-bond donors (Lipinski definition) is 1. The Morgan fingerprint density at radius 2 is 2.50 bits per heavy atom. The highest BCUT2D eigenvalue weighted by Crippen LogP contribution is 2.21. The molecule has 0 radical (unpaired) electrons. The molecule has 0 aliphatic heterocycles. The van der Waals surface area contributed by atoms with E-state index in [2.05, 4.69) is 10.3 Å². The number of hydrogen-bond acceptors (Lipinski definition) is 5. The van der Waals surface area contributed by atoms with Crippen molar-refractivity contribution in [2.24, 2.45) is 0 Å². The minimum Gasteiger partial charge on any atom is -0.472 e. The van der Waals surface area contributed by atoms with Crippen LogP contribution in [-0.4, -0.2) is 25.2 Å². The first-order valence-electron chi connectivity index (χ1n) is 5.07. The second kappa shape index (κ2) is 5.79. The molecule has 2 heterocycles. The van der Waals surface area contributed by atoms with E-state index in [4.69, 9.17) is 9.15 Å². The van der Waals surface area contributed by atoms with Crippen LogP contribution in [0.25, 0.3) is 11.3 Å². The maximum Gasteiger partial charge on any atom is 0.107 e. The summed E-state index contributed by atoms with van der Waals surface area (Å²) in [5.74, 6) is 0. The van der Waals surface area contributed by atoms with Gasteiger partial charge >= 0.3 is 0 Å². The molecule has 4 nitrogen and oxygen atoms in total. The third-order valence-electron chi connectivity index (χ3n) is 2.13. The molecule has 0 amide bonds. The third kappa shape index (κ3) is 2.91. The van der Waals surface area contributed by atoms with E-state index >= 15 is 0 Å². The molecule has 86 valence electrons. The number of aromatic nitrogens is 1. The van der Waals surface area contributed by atoms with Gasteiger partial charge in [-0.1, -0.05) is 0 Å². The zero-order valence-corrected chi connectivity index (χ0v) is 9.92. The van der Waals surface area contributed by atoms with Crippen molar-refractivity contribution in [2.75, 3.05) is 20.3 Å². The summed E-state index contributed by atoms with van der Waals surface area (Å²) < 4.78 is 9.98. The molecule has 16 heavy (non-hydrogen) atoms. The molecule has 2 rings (SSSR count). The van der Waals surface area contributed by atoms with Crippen molar-refractivity contribution in [1.29, 1.82) is 0 Å². The van der Waals surface area contributed by atoms with E-state index in [1.807, 2.05) is 11.4 Å². The van der Waals surface area contributed by atoms with Gasteiger partial charge in [-0.25, -0.2) is 4.98 Å². The highest BCUT2D eigenvalue weighted by Gasteiger charge is 2.04. The number of ether oxygens (including phenoxy) is 1. The molecular formula is C11H14N2O2S. The molecule has 0 atom stereocenters. The first kappa shape index (κ1) is 11.3. The monoisotopic (exact) mass is 238 g/mol. The predicted molar refractivity (Wildman–Crippen MR) is 63.4 cm³/mol. The Morgan fingerprint density at radius 1 is 1.56 bits per heavy atom. The Bertz CT molecular complexity index is 411. The molecule has 0 bridgehead atoms. The molecular weight excluding hydrogens is 224 g/mol. The second-order valence-electron chi connectivity index (χ2n) is 3.31. The molecule has 0 fully saturated rings. The lowest BCUT2D eigenvalue weighted by atomic mass is 10.3. The van der Waals surface area contributed by atoms with Gasteiger partial charge in [-0.2, -0.15) is 0 Å². The highest BCUT2D eigenvalue weighted by atomic mass is 32.1. The fourth-order valence-electron chi connectivity index (χ4n) is 1.30. The normalized spacial score (nSPS) is 10.8. The molecule has 2 aromatic heterocycles. The van der Waals surface area contributed by atoms with Crippen molar-refractivity contribution >= 4 is 11.3 Å². The summed E-state index contributed by atoms with van der Waals surface area (Å²) in [4.78, 5) is 4.51. The maximum atomic E-state index is 5.02. The van der Waals surface area contributed by atoms with Gasteiger partial charge in [-0.05, 0) is 6.07 Å². The number of furan rings is 1. The Balaban J connectivity index is 1.88. The van der Waals surface area contributed by atoms with Gasteiger partial charge in [0.15, 0.2) is 0 Å². The fourth-order valence-corrected chi connectivity index (χ4v) is 2.08. The van der Waals surface area contributed by atoms with Crippen molar-refractivity contribution in [2.45, 2.75) is 6.54 Å².